The summed E-state index contributed by atoms with van der Waals surface area (Å²) in [4.78, 5) is 16.0. The van der Waals surface area contributed by atoms with Crippen LogP contribution in [0.15, 0.2) is 43.1 Å². The number of hydrogen-bond acceptors (Lipinski definition) is 4. The summed E-state index contributed by atoms with van der Waals surface area (Å²) in [6.45, 7) is 5.68. The zero-order valence-corrected chi connectivity index (χ0v) is 13.0. The van der Waals surface area contributed by atoms with Gasteiger partial charge in [-0.2, -0.15) is 0 Å². The lowest BCUT2D eigenvalue weighted by molar-refractivity contribution is -0.111. The Kier molecular flexibility index (Phi) is 4.88. The summed E-state index contributed by atoms with van der Waals surface area (Å²) in [5, 5.41) is 3.64. The number of carbonyl (C=O) groups is 1. The van der Waals surface area contributed by atoms with Crippen LogP contribution in [0.2, 0.25) is 0 Å². The molecule has 0 saturated carbocycles. The molecule has 1 aliphatic rings. The van der Waals surface area contributed by atoms with Gasteiger partial charge in [-0.25, -0.2) is 0 Å². The minimum absolute atomic E-state index is 0.247. The van der Waals surface area contributed by atoms with Gasteiger partial charge in [-0.1, -0.05) is 6.58 Å². The molecule has 5 heteroatoms. The third-order valence-electron chi connectivity index (χ3n) is 3.91. The minimum Gasteiger partial charge on any atom is -0.491 e. The fourth-order valence-electron chi connectivity index (χ4n) is 2.70. The maximum absolute atomic E-state index is 11.5. The Morgan fingerprint density at radius 1 is 1.48 bits per heavy atom. The largest absolute Gasteiger partial charge is 0.491 e. The van der Waals surface area contributed by atoms with Crippen LogP contribution in [0.25, 0.3) is 10.9 Å². The highest BCUT2D eigenvalue weighted by Gasteiger charge is 2.16. The molecule has 3 rings (SSSR count). The predicted molar refractivity (Wildman–Crippen MR) is 89.6 cm³/mol. The lowest BCUT2D eigenvalue weighted by atomic mass is 10.0. The molecular formula is C18H20N2O3. The van der Waals surface area contributed by atoms with Gasteiger partial charge in [-0.15, -0.1) is 0 Å². The normalized spacial score (nSPS) is 17.7. The van der Waals surface area contributed by atoms with E-state index in [4.69, 9.17) is 9.47 Å². The molecule has 1 aliphatic heterocycles. The SMILES string of the molecule is C=CC(=O)Nc1ccc(OCC2CCCOC2)c2ncccc12. The molecule has 0 spiro atoms. The van der Waals surface area contributed by atoms with E-state index in [9.17, 15) is 4.79 Å². The molecular weight excluding hydrogens is 292 g/mol. The summed E-state index contributed by atoms with van der Waals surface area (Å²) >= 11 is 0. The van der Waals surface area contributed by atoms with Gasteiger partial charge in [0.05, 0.1) is 18.9 Å². The highest BCUT2D eigenvalue weighted by atomic mass is 16.5. The number of aromatic nitrogens is 1. The fraction of sp³-hybridized carbons (Fsp3) is 0.333. The smallest absolute Gasteiger partial charge is 0.247 e. The molecule has 120 valence electrons. The van der Waals surface area contributed by atoms with Crippen LogP contribution in [0, 0.1) is 5.92 Å². The Balaban J connectivity index is 1.82. The van der Waals surface area contributed by atoms with Gasteiger partial charge in [0.25, 0.3) is 0 Å². The Hall–Kier alpha value is -2.40. The van der Waals surface area contributed by atoms with E-state index in [0.717, 1.165) is 42.7 Å². The molecule has 1 N–H and O–H groups in total. The number of pyridine rings is 1. The quantitative estimate of drug-likeness (QED) is 0.862. The van der Waals surface area contributed by atoms with Gasteiger partial charge >= 0.3 is 0 Å². The number of nitrogens with zero attached hydrogens (tertiary/aromatic N) is 1. The summed E-state index contributed by atoms with van der Waals surface area (Å²) in [6.07, 6.45) is 5.17. The van der Waals surface area contributed by atoms with E-state index in [1.165, 1.54) is 6.08 Å². The molecule has 1 saturated heterocycles. The summed E-state index contributed by atoms with van der Waals surface area (Å²) in [5.74, 6) is 0.897. The zero-order chi connectivity index (χ0) is 16.1. The second-order valence-electron chi connectivity index (χ2n) is 5.60. The van der Waals surface area contributed by atoms with Crippen LogP contribution in [0.5, 0.6) is 5.75 Å². The topological polar surface area (TPSA) is 60.5 Å². The van der Waals surface area contributed by atoms with Gasteiger partial charge in [0.2, 0.25) is 5.91 Å². The zero-order valence-electron chi connectivity index (χ0n) is 13.0. The van der Waals surface area contributed by atoms with Crippen molar-refractivity contribution in [3.8, 4) is 5.75 Å². The molecule has 0 radical (unpaired) electrons. The molecule has 1 aromatic heterocycles. The van der Waals surface area contributed by atoms with Crippen molar-refractivity contribution >= 4 is 22.5 Å². The first-order chi connectivity index (χ1) is 11.3. The first-order valence-corrected chi connectivity index (χ1v) is 7.79. The number of ether oxygens (including phenoxy) is 2. The van der Waals surface area contributed by atoms with E-state index in [2.05, 4.69) is 16.9 Å². The Morgan fingerprint density at radius 3 is 3.17 bits per heavy atom. The number of hydrogen-bond donors (Lipinski definition) is 1. The lowest BCUT2D eigenvalue weighted by Crippen LogP contribution is -2.23. The van der Waals surface area contributed by atoms with E-state index in [0.29, 0.717) is 18.2 Å². The number of amides is 1. The first-order valence-electron chi connectivity index (χ1n) is 7.79. The molecule has 0 bridgehead atoms. The van der Waals surface area contributed by atoms with Gasteiger partial charge < -0.3 is 14.8 Å². The average molecular weight is 312 g/mol. The maximum atomic E-state index is 11.5. The summed E-state index contributed by atoms with van der Waals surface area (Å²) in [6, 6.07) is 7.43. The number of rotatable bonds is 5. The molecule has 0 aliphatic carbocycles. The van der Waals surface area contributed by atoms with Crippen molar-refractivity contribution in [2.45, 2.75) is 12.8 Å². The average Bonchev–Trinajstić information content (AvgIpc) is 2.62. The van der Waals surface area contributed by atoms with Crippen molar-refractivity contribution in [2.75, 3.05) is 25.1 Å². The van der Waals surface area contributed by atoms with Crippen LogP contribution in [-0.2, 0) is 9.53 Å². The summed E-state index contributed by atoms with van der Waals surface area (Å²) < 4.78 is 11.5. The highest BCUT2D eigenvalue weighted by Crippen LogP contribution is 2.30. The first kappa shape index (κ1) is 15.5. The van der Waals surface area contributed by atoms with Crippen molar-refractivity contribution in [1.29, 1.82) is 0 Å². The molecule has 1 fully saturated rings. The predicted octanol–water partition coefficient (Wildman–Crippen LogP) is 3.16. The van der Waals surface area contributed by atoms with Crippen molar-refractivity contribution in [3.63, 3.8) is 0 Å². The molecule has 1 aromatic carbocycles. The van der Waals surface area contributed by atoms with Crippen LogP contribution in [0.4, 0.5) is 5.69 Å². The lowest BCUT2D eigenvalue weighted by Gasteiger charge is -2.22. The van der Waals surface area contributed by atoms with E-state index in [1.807, 2.05) is 24.3 Å². The Bertz CT molecular complexity index is 708. The van der Waals surface area contributed by atoms with Gasteiger partial charge in [0, 0.05) is 24.1 Å². The van der Waals surface area contributed by atoms with Crippen molar-refractivity contribution < 1.29 is 14.3 Å². The van der Waals surface area contributed by atoms with E-state index in [-0.39, 0.29) is 5.91 Å². The summed E-state index contributed by atoms with van der Waals surface area (Å²) in [5.41, 5.74) is 1.44. The van der Waals surface area contributed by atoms with Gasteiger partial charge in [-0.3, -0.25) is 9.78 Å². The molecule has 23 heavy (non-hydrogen) atoms. The second-order valence-corrected chi connectivity index (χ2v) is 5.60. The summed E-state index contributed by atoms with van der Waals surface area (Å²) in [7, 11) is 0. The minimum atomic E-state index is -0.247. The monoisotopic (exact) mass is 312 g/mol. The molecule has 2 heterocycles. The third-order valence-corrected chi connectivity index (χ3v) is 3.91. The van der Waals surface area contributed by atoms with Crippen LogP contribution in [-0.4, -0.2) is 30.7 Å². The number of benzene rings is 1. The van der Waals surface area contributed by atoms with E-state index < -0.39 is 0 Å². The number of carbonyl (C=O) groups excluding carboxylic acids is 1. The van der Waals surface area contributed by atoms with Gasteiger partial charge in [-0.05, 0) is 43.2 Å². The number of nitrogens with one attached hydrogen (secondary N) is 1. The molecule has 1 unspecified atom stereocenters. The van der Waals surface area contributed by atoms with Crippen molar-refractivity contribution in [3.05, 3.63) is 43.1 Å². The standard InChI is InChI=1S/C18H20N2O3/c1-2-17(21)20-15-7-8-16(18-14(15)6-3-9-19-18)23-12-13-5-4-10-22-11-13/h2-3,6-9,13H,1,4-5,10-12H2,(H,20,21). The van der Waals surface area contributed by atoms with Crippen LogP contribution >= 0.6 is 0 Å². The van der Waals surface area contributed by atoms with Crippen LogP contribution in [0.3, 0.4) is 0 Å². The van der Waals surface area contributed by atoms with Crippen LogP contribution < -0.4 is 10.1 Å². The fourth-order valence-corrected chi connectivity index (χ4v) is 2.70. The molecule has 2 aromatic rings. The number of fused-ring (bicyclic) bond motifs is 1. The van der Waals surface area contributed by atoms with Crippen molar-refractivity contribution in [1.82, 2.24) is 4.98 Å². The van der Waals surface area contributed by atoms with Gasteiger partial charge in [0.1, 0.15) is 11.3 Å². The molecule has 1 amide bonds. The second kappa shape index (κ2) is 7.24. The Labute approximate surface area is 135 Å². The highest BCUT2D eigenvalue weighted by molar-refractivity contribution is 6.06. The number of anilines is 1. The maximum Gasteiger partial charge on any atom is 0.247 e. The van der Waals surface area contributed by atoms with Gasteiger partial charge in [0.15, 0.2) is 0 Å². The van der Waals surface area contributed by atoms with Crippen molar-refractivity contribution in [2.24, 2.45) is 5.92 Å². The molecule has 5 nitrogen and oxygen atoms in total. The Morgan fingerprint density at radius 2 is 2.39 bits per heavy atom. The van der Waals surface area contributed by atoms with Crippen LogP contribution in [0.1, 0.15) is 12.8 Å². The van der Waals surface area contributed by atoms with E-state index >= 15 is 0 Å². The molecule has 1 atom stereocenters. The third kappa shape index (κ3) is 3.68. The van der Waals surface area contributed by atoms with E-state index in [1.54, 1.807) is 6.20 Å².